The van der Waals surface area contributed by atoms with Crippen LogP contribution in [-0.2, 0) is 17.0 Å². The number of halogens is 1. The molecule has 0 aliphatic heterocycles. The van der Waals surface area contributed by atoms with Crippen molar-refractivity contribution in [2.24, 2.45) is 0 Å². The minimum Gasteiger partial charge on any atom is -0.351 e. The van der Waals surface area contributed by atoms with E-state index in [0.717, 1.165) is 5.56 Å². The average Bonchev–Trinajstić information content (AvgIpc) is 2.61. The molecule has 0 radical (unpaired) electrons. The van der Waals surface area contributed by atoms with Gasteiger partial charge >= 0.3 is 0 Å². The monoisotopic (exact) mass is 326 g/mol. The molecule has 2 aromatic rings. The van der Waals surface area contributed by atoms with Gasteiger partial charge in [-0.2, -0.15) is 0 Å². The second kappa shape index (κ2) is 7.88. The highest BCUT2D eigenvalue weighted by molar-refractivity contribution is 5.84. The van der Waals surface area contributed by atoms with Crippen LogP contribution in [0.4, 0.5) is 4.39 Å². The fraction of sp³-hybridized carbons (Fsp3) is 0.250. The Hall–Kier alpha value is -2.46. The summed E-state index contributed by atoms with van der Waals surface area (Å²) in [5.74, 6) is -0.380. The Labute approximate surface area is 142 Å². The van der Waals surface area contributed by atoms with Crippen LogP contribution in [-0.4, -0.2) is 30.9 Å². The molecule has 0 spiro atoms. The van der Waals surface area contributed by atoms with Crippen molar-refractivity contribution in [2.75, 3.05) is 14.1 Å². The smallest absolute Gasteiger partial charge is 0.241 e. The van der Waals surface area contributed by atoms with Gasteiger partial charge in [-0.1, -0.05) is 67.2 Å². The summed E-state index contributed by atoms with van der Waals surface area (Å²) >= 11 is 0. The molecule has 2 aromatic carbocycles. The lowest BCUT2D eigenvalue weighted by Gasteiger charge is -2.35. The average molecular weight is 326 g/mol. The second-order valence-electron chi connectivity index (χ2n) is 5.91. The Morgan fingerprint density at radius 2 is 1.71 bits per heavy atom. The van der Waals surface area contributed by atoms with E-state index in [0.29, 0.717) is 12.1 Å². The Balaban J connectivity index is 2.24. The first-order chi connectivity index (χ1) is 11.5. The Kier molecular flexibility index (Phi) is 5.88. The van der Waals surface area contributed by atoms with E-state index >= 15 is 4.39 Å². The topological polar surface area (TPSA) is 32.3 Å². The lowest BCUT2D eigenvalue weighted by molar-refractivity contribution is -0.130. The quantitative estimate of drug-likeness (QED) is 0.792. The molecule has 4 heteroatoms. The maximum absolute atomic E-state index is 15.7. The third kappa shape index (κ3) is 3.89. The lowest BCUT2D eigenvalue weighted by atomic mass is 9.86. The molecule has 2 rings (SSSR count). The first-order valence-electron chi connectivity index (χ1n) is 7.85. The number of carbonyl (C=O) groups excluding carboxylic acids is 1. The summed E-state index contributed by atoms with van der Waals surface area (Å²) in [6.45, 7) is 3.98. The SMILES string of the molecule is C=C[C@@](F)(c1ccccc1)[C@H](C(=O)NCc1ccccc1)N(C)C. The molecule has 0 bridgehead atoms. The molecule has 24 heavy (non-hydrogen) atoms. The van der Waals surface area contributed by atoms with E-state index in [-0.39, 0.29) is 5.91 Å². The zero-order valence-electron chi connectivity index (χ0n) is 14.1. The van der Waals surface area contributed by atoms with Crippen LogP contribution >= 0.6 is 0 Å². The third-order valence-electron chi connectivity index (χ3n) is 3.99. The zero-order valence-corrected chi connectivity index (χ0v) is 14.1. The van der Waals surface area contributed by atoms with E-state index in [1.165, 1.54) is 6.08 Å². The van der Waals surface area contributed by atoms with Crippen LogP contribution in [0.25, 0.3) is 0 Å². The van der Waals surface area contributed by atoms with Crippen molar-refractivity contribution in [2.45, 2.75) is 18.3 Å². The number of nitrogens with one attached hydrogen (secondary N) is 1. The van der Waals surface area contributed by atoms with Crippen LogP contribution in [0.2, 0.25) is 0 Å². The van der Waals surface area contributed by atoms with Gasteiger partial charge in [-0.25, -0.2) is 4.39 Å². The highest BCUT2D eigenvalue weighted by Crippen LogP contribution is 2.33. The van der Waals surface area contributed by atoms with E-state index in [4.69, 9.17) is 0 Å². The van der Waals surface area contributed by atoms with Crippen molar-refractivity contribution < 1.29 is 9.18 Å². The largest absolute Gasteiger partial charge is 0.351 e. The van der Waals surface area contributed by atoms with Gasteiger partial charge in [-0.3, -0.25) is 9.69 Å². The van der Waals surface area contributed by atoms with Gasteiger partial charge in [0.05, 0.1) is 0 Å². The van der Waals surface area contributed by atoms with Crippen molar-refractivity contribution in [1.82, 2.24) is 10.2 Å². The maximum Gasteiger partial charge on any atom is 0.241 e. The molecule has 0 saturated carbocycles. The molecule has 0 fully saturated rings. The molecule has 2 atom stereocenters. The molecule has 0 saturated heterocycles. The summed E-state index contributed by atoms with van der Waals surface area (Å²) < 4.78 is 15.7. The highest BCUT2D eigenvalue weighted by atomic mass is 19.1. The van der Waals surface area contributed by atoms with Crippen LogP contribution in [0.3, 0.4) is 0 Å². The Bertz CT molecular complexity index is 673. The number of nitrogens with zero attached hydrogens (tertiary/aromatic N) is 1. The number of carbonyl (C=O) groups is 1. The summed E-state index contributed by atoms with van der Waals surface area (Å²) in [5.41, 5.74) is -0.606. The number of benzene rings is 2. The predicted octanol–water partition coefficient (Wildman–Crippen LogP) is 3.28. The summed E-state index contributed by atoms with van der Waals surface area (Å²) in [7, 11) is 3.38. The Morgan fingerprint density at radius 3 is 2.21 bits per heavy atom. The minimum absolute atomic E-state index is 0.353. The van der Waals surface area contributed by atoms with Crippen LogP contribution in [0, 0.1) is 0 Å². The van der Waals surface area contributed by atoms with Gasteiger partial charge in [0.25, 0.3) is 0 Å². The van der Waals surface area contributed by atoms with Gasteiger partial charge in [0.15, 0.2) is 5.67 Å². The number of likely N-dealkylation sites (N-methyl/N-ethyl adjacent to an activating group) is 1. The molecule has 0 unspecified atom stereocenters. The van der Waals surface area contributed by atoms with Gasteiger partial charge in [-0.15, -0.1) is 0 Å². The van der Waals surface area contributed by atoms with Crippen molar-refractivity contribution in [3.8, 4) is 0 Å². The number of alkyl halides is 1. The first kappa shape index (κ1) is 17.9. The second-order valence-corrected chi connectivity index (χ2v) is 5.91. The van der Waals surface area contributed by atoms with Gasteiger partial charge in [0, 0.05) is 6.54 Å². The number of rotatable bonds is 7. The van der Waals surface area contributed by atoms with Gasteiger partial charge in [0.2, 0.25) is 5.91 Å². The molecule has 1 N–H and O–H groups in total. The van der Waals surface area contributed by atoms with E-state index in [9.17, 15) is 4.79 Å². The van der Waals surface area contributed by atoms with Gasteiger partial charge < -0.3 is 5.32 Å². The van der Waals surface area contributed by atoms with Crippen molar-refractivity contribution in [3.63, 3.8) is 0 Å². The molecule has 3 nitrogen and oxygen atoms in total. The Morgan fingerprint density at radius 1 is 1.17 bits per heavy atom. The molecule has 0 heterocycles. The van der Waals surface area contributed by atoms with E-state index < -0.39 is 11.7 Å². The first-order valence-corrected chi connectivity index (χ1v) is 7.85. The van der Waals surface area contributed by atoms with E-state index in [2.05, 4.69) is 11.9 Å². The molecule has 1 amide bonds. The van der Waals surface area contributed by atoms with E-state index in [1.807, 2.05) is 36.4 Å². The van der Waals surface area contributed by atoms with Crippen LogP contribution < -0.4 is 5.32 Å². The molecule has 0 aliphatic rings. The zero-order chi connectivity index (χ0) is 17.6. The van der Waals surface area contributed by atoms with Crippen LogP contribution in [0.15, 0.2) is 73.3 Å². The highest BCUT2D eigenvalue weighted by Gasteiger charge is 2.44. The van der Waals surface area contributed by atoms with Crippen molar-refractivity contribution >= 4 is 5.91 Å². The van der Waals surface area contributed by atoms with Crippen molar-refractivity contribution in [1.29, 1.82) is 0 Å². The fourth-order valence-corrected chi connectivity index (χ4v) is 2.76. The summed E-state index contributed by atoms with van der Waals surface area (Å²) in [6.07, 6.45) is 1.20. The van der Waals surface area contributed by atoms with Crippen LogP contribution in [0.1, 0.15) is 11.1 Å². The maximum atomic E-state index is 15.7. The molecule has 0 aromatic heterocycles. The van der Waals surface area contributed by atoms with E-state index in [1.54, 1.807) is 43.3 Å². The molecule has 0 aliphatic carbocycles. The predicted molar refractivity (Wildman–Crippen MR) is 95.2 cm³/mol. The summed E-state index contributed by atoms with van der Waals surface area (Å²) in [4.78, 5) is 14.3. The number of amides is 1. The summed E-state index contributed by atoms with van der Waals surface area (Å²) in [6, 6.07) is 17.2. The summed E-state index contributed by atoms with van der Waals surface area (Å²) in [5, 5.41) is 2.82. The normalized spacial score (nSPS) is 14.7. The molecular formula is C20H23FN2O. The number of hydrogen-bond donors (Lipinski definition) is 1. The van der Waals surface area contributed by atoms with Gasteiger partial charge in [0.1, 0.15) is 6.04 Å². The van der Waals surface area contributed by atoms with Gasteiger partial charge in [-0.05, 0) is 31.3 Å². The minimum atomic E-state index is -1.98. The van der Waals surface area contributed by atoms with Crippen LogP contribution in [0.5, 0.6) is 0 Å². The number of hydrogen-bond acceptors (Lipinski definition) is 2. The van der Waals surface area contributed by atoms with Crippen molar-refractivity contribution in [3.05, 3.63) is 84.4 Å². The molecular weight excluding hydrogens is 303 g/mol. The fourth-order valence-electron chi connectivity index (χ4n) is 2.76. The standard InChI is InChI=1S/C20H23FN2O/c1-4-20(21,17-13-9-6-10-14-17)18(23(2)3)19(24)22-15-16-11-7-5-8-12-16/h4-14,18H,1,15H2,2-3H3,(H,22,24)/t18-,20+/m0/s1. The third-order valence-corrected chi connectivity index (χ3v) is 3.99. The lowest BCUT2D eigenvalue weighted by Crippen LogP contribution is -2.53. The molecule has 126 valence electrons.